The summed E-state index contributed by atoms with van der Waals surface area (Å²) in [5, 5.41) is 4.37. The zero-order valence-electron chi connectivity index (χ0n) is 15.0. The van der Waals surface area contributed by atoms with Crippen LogP contribution in [-0.2, 0) is 11.2 Å². The van der Waals surface area contributed by atoms with Crippen LogP contribution in [-0.4, -0.2) is 23.9 Å². The number of aromatic nitrogens is 1. The number of rotatable bonds is 7. The van der Waals surface area contributed by atoms with Crippen molar-refractivity contribution in [1.82, 2.24) is 4.98 Å². The molecule has 0 unspecified atom stereocenters. The third-order valence-electron chi connectivity index (χ3n) is 3.65. The molecule has 1 amide bonds. The molecule has 11 heteroatoms. The third-order valence-corrected chi connectivity index (χ3v) is 4.41. The number of halogens is 5. The molecule has 0 aliphatic heterocycles. The molecule has 0 saturated heterocycles. The molecule has 2 aromatic carbocycles. The monoisotopic (exact) mass is 444 g/mol. The van der Waals surface area contributed by atoms with Crippen LogP contribution < -0.4 is 14.8 Å². The van der Waals surface area contributed by atoms with Crippen molar-refractivity contribution in [3.63, 3.8) is 0 Å². The van der Waals surface area contributed by atoms with Crippen LogP contribution in [0.2, 0.25) is 0 Å². The number of amides is 1. The first-order valence-corrected chi connectivity index (χ1v) is 9.22. The molecule has 1 aromatic heterocycles. The van der Waals surface area contributed by atoms with Crippen molar-refractivity contribution in [2.45, 2.75) is 19.4 Å². The Labute approximate surface area is 171 Å². The molecule has 0 saturated carbocycles. The average Bonchev–Trinajstić information content (AvgIpc) is 3.10. The van der Waals surface area contributed by atoms with Gasteiger partial charge in [0.05, 0.1) is 12.1 Å². The number of anilines is 1. The van der Waals surface area contributed by atoms with Gasteiger partial charge >= 0.3 is 13.0 Å². The Bertz CT molecular complexity index is 1010. The molecule has 1 heterocycles. The molecule has 3 aromatic rings. The van der Waals surface area contributed by atoms with Crippen LogP contribution in [0.1, 0.15) is 5.56 Å². The minimum absolute atomic E-state index is 0.0446. The summed E-state index contributed by atoms with van der Waals surface area (Å²) in [5.74, 6) is -0.879. The molecule has 1 N–H and O–H groups in total. The lowest BCUT2D eigenvalue weighted by atomic mass is 10.1. The van der Waals surface area contributed by atoms with E-state index in [9.17, 15) is 26.7 Å². The molecule has 0 radical (unpaired) electrons. The van der Waals surface area contributed by atoms with Crippen LogP contribution in [0.15, 0.2) is 53.9 Å². The van der Waals surface area contributed by atoms with Crippen LogP contribution in [0.5, 0.6) is 11.5 Å². The van der Waals surface area contributed by atoms with Crippen LogP contribution in [0.4, 0.5) is 27.1 Å². The molecule has 0 aliphatic carbocycles. The number of hydrogen-bond acceptors (Lipinski definition) is 5. The molecule has 0 spiro atoms. The smallest absolute Gasteiger partial charge is 0.434 e. The van der Waals surface area contributed by atoms with Gasteiger partial charge in [-0.25, -0.2) is 4.98 Å². The fourth-order valence-corrected chi connectivity index (χ4v) is 3.22. The fourth-order valence-electron chi connectivity index (χ4n) is 2.49. The van der Waals surface area contributed by atoms with E-state index in [0.717, 1.165) is 23.5 Å². The third kappa shape index (κ3) is 6.14. The van der Waals surface area contributed by atoms with E-state index in [-0.39, 0.29) is 23.1 Å². The van der Waals surface area contributed by atoms with Gasteiger partial charge in [0.1, 0.15) is 11.5 Å². The van der Waals surface area contributed by atoms with Crippen molar-refractivity contribution < 1.29 is 36.2 Å². The molecule has 158 valence electrons. The Morgan fingerprint density at radius 1 is 1.10 bits per heavy atom. The van der Waals surface area contributed by atoms with Gasteiger partial charge in [-0.2, -0.15) is 8.78 Å². The van der Waals surface area contributed by atoms with Gasteiger partial charge in [0.25, 0.3) is 0 Å². The molecule has 0 bridgehead atoms. The first-order valence-electron chi connectivity index (χ1n) is 8.34. The summed E-state index contributed by atoms with van der Waals surface area (Å²) in [6.45, 7) is -2.99. The van der Waals surface area contributed by atoms with E-state index in [0.29, 0.717) is 16.8 Å². The number of carbonyl (C=O) groups excluding carboxylic acids is 1. The zero-order chi connectivity index (χ0) is 21.7. The van der Waals surface area contributed by atoms with Gasteiger partial charge < -0.3 is 14.8 Å². The number of alkyl halides is 5. The number of hydrogen-bond donors (Lipinski definition) is 1. The van der Waals surface area contributed by atoms with E-state index in [2.05, 4.69) is 19.8 Å². The lowest BCUT2D eigenvalue weighted by Crippen LogP contribution is -2.17. The highest BCUT2D eigenvalue weighted by Gasteiger charge is 2.31. The summed E-state index contributed by atoms with van der Waals surface area (Å²) < 4.78 is 69.8. The van der Waals surface area contributed by atoms with Gasteiger partial charge in [-0.15, -0.1) is 24.5 Å². The number of nitrogens with zero attached hydrogens (tertiary/aromatic N) is 1. The lowest BCUT2D eigenvalue weighted by molar-refractivity contribution is -0.274. The highest BCUT2D eigenvalue weighted by Crippen LogP contribution is 2.33. The molecule has 5 nitrogen and oxygen atoms in total. The average molecular weight is 444 g/mol. The van der Waals surface area contributed by atoms with E-state index in [1.54, 1.807) is 23.6 Å². The second-order valence-corrected chi connectivity index (χ2v) is 6.69. The zero-order valence-corrected chi connectivity index (χ0v) is 15.8. The summed E-state index contributed by atoms with van der Waals surface area (Å²) in [6.07, 6.45) is -4.90. The Morgan fingerprint density at radius 2 is 1.80 bits per heavy atom. The summed E-state index contributed by atoms with van der Waals surface area (Å²) >= 11 is 1.09. The number of ether oxygens (including phenoxy) is 2. The number of para-hydroxylation sites is 1. The van der Waals surface area contributed by atoms with Crippen molar-refractivity contribution >= 4 is 22.4 Å². The van der Waals surface area contributed by atoms with E-state index in [4.69, 9.17) is 0 Å². The highest BCUT2D eigenvalue weighted by molar-refractivity contribution is 7.14. The predicted octanol–water partition coefficient (Wildman–Crippen LogP) is 5.49. The summed E-state index contributed by atoms with van der Waals surface area (Å²) in [4.78, 5) is 16.4. The van der Waals surface area contributed by atoms with Gasteiger partial charge in [-0.1, -0.05) is 24.3 Å². The minimum Gasteiger partial charge on any atom is -0.434 e. The fraction of sp³-hybridized carbons (Fsp3) is 0.158. The van der Waals surface area contributed by atoms with E-state index < -0.39 is 18.9 Å². The number of carbonyl (C=O) groups is 1. The van der Waals surface area contributed by atoms with E-state index in [1.165, 1.54) is 18.2 Å². The van der Waals surface area contributed by atoms with E-state index >= 15 is 0 Å². The summed E-state index contributed by atoms with van der Waals surface area (Å²) in [7, 11) is 0. The maximum Gasteiger partial charge on any atom is 0.573 e. The quantitative estimate of drug-likeness (QED) is 0.490. The maximum atomic E-state index is 12.5. The van der Waals surface area contributed by atoms with Crippen LogP contribution in [0, 0.1) is 0 Å². The number of thiazole rings is 1. The van der Waals surface area contributed by atoms with Crippen molar-refractivity contribution in [3.05, 3.63) is 59.5 Å². The number of benzene rings is 2. The topological polar surface area (TPSA) is 60.5 Å². The van der Waals surface area contributed by atoms with Crippen LogP contribution in [0.25, 0.3) is 11.3 Å². The normalized spacial score (nSPS) is 11.4. The molecule has 0 fully saturated rings. The molecule has 3 rings (SSSR count). The van der Waals surface area contributed by atoms with Crippen molar-refractivity contribution in [1.29, 1.82) is 0 Å². The van der Waals surface area contributed by atoms with Crippen LogP contribution in [0.3, 0.4) is 0 Å². The second-order valence-electron chi connectivity index (χ2n) is 5.83. The Morgan fingerprint density at radius 3 is 2.47 bits per heavy atom. The largest absolute Gasteiger partial charge is 0.573 e. The summed E-state index contributed by atoms with van der Waals surface area (Å²) in [6, 6.07) is 11.0. The Kier molecular flexibility index (Phi) is 6.50. The first-order chi connectivity index (χ1) is 14.2. The Balaban J connectivity index is 1.63. The van der Waals surface area contributed by atoms with Gasteiger partial charge in [0.15, 0.2) is 5.13 Å². The molecular weight excluding hydrogens is 431 g/mol. The first kappa shape index (κ1) is 21.5. The molecule has 0 atom stereocenters. The van der Waals surface area contributed by atoms with E-state index in [1.807, 2.05) is 0 Å². The predicted molar refractivity (Wildman–Crippen MR) is 99.6 cm³/mol. The SMILES string of the molecule is O=C(Cc1ccc(OC(F)(F)F)cc1)Nc1nc(-c2ccccc2OC(F)F)cs1. The van der Waals surface area contributed by atoms with Crippen molar-refractivity contribution in [2.24, 2.45) is 0 Å². The molecule has 0 aliphatic rings. The van der Waals surface area contributed by atoms with Gasteiger partial charge in [-0.3, -0.25) is 4.79 Å². The van der Waals surface area contributed by atoms with Gasteiger partial charge in [0.2, 0.25) is 5.91 Å². The minimum atomic E-state index is -4.79. The highest BCUT2D eigenvalue weighted by atomic mass is 32.1. The van der Waals surface area contributed by atoms with Crippen molar-refractivity contribution in [3.8, 4) is 22.8 Å². The van der Waals surface area contributed by atoms with Crippen LogP contribution >= 0.6 is 11.3 Å². The van der Waals surface area contributed by atoms with Gasteiger partial charge in [-0.05, 0) is 29.8 Å². The maximum absolute atomic E-state index is 12.5. The summed E-state index contributed by atoms with van der Waals surface area (Å²) in [5.41, 5.74) is 1.16. The second kappa shape index (κ2) is 9.08. The van der Waals surface area contributed by atoms with Crippen molar-refractivity contribution in [2.75, 3.05) is 5.32 Å². The number of nitrogens with one attached hydrogen (secondary N) is 1. The molecular formula is C19H13F5N2O3S. The van der Waals surface area contributed by atoms with Gasteiger partial charge in [0, 0.05) is 10.9 Å². The molecule has 30 heavy (non-hydrogen) atoms. The standard InChI is InChI=1S/C19H13F5N2O3S/c20-17(21)28-15-4-2-1-3-13(15)14-10-30-18(25-14)26-16(27)9-11-5-7-12(8-6-11)29-19(22,23)24/h1-8,10,17H,9H2,(H,25,26,27). The lowest BCUT2D eigenvalue weighted by Gasteiger charge is -2.09. The Hall–Kier alpha value is -3.21.